The molecule has 0 saturated heterocycles. The van der Waals surface area contributed by atoms with Crippen molar-refractivity contribution in [3.63, 3.8) is 0 Å². The third kappa shape index (κ3) is 2.68. The number of carbonyl (C=O) groups excluding carboxylic acids is 2. The highest BCUT2D eigenvalue weighted by Gasteiger charge is 2.29. The number of fused-ring (bicyclic) bond motifs is 1. The fourth-order valence-electron chi connectivity index (χ4n) is 2.33. The lowest BCUT2D eigenvalue weighted by Crippen LogP contribution is -2.53. The maximum absolute atomic E-state index is 11.2. The molecule has 0 radical (unpaired) electrons. The van der Waals surface area contributed by atoms with Gasteiger partial charge in [0.05, 0.1) is 6.04 Å². The van der Waals surface area contributed by atoms with E-state index in [2.05, 4.69) is 16.9 Å². The fourth-order valence-corrected chi connectivity index (χ4v) is 2.33. The van der Waals surface area contributed by atoms with Crippen LogP contribution in [0.2, 0.25) is 0 Å². The first-order valence-electron chi connectivity index (χ1n) is 5.99. The maximum Gasteiger partial charge on any atom is 0.232 e. The van der Waals surface area contributed by atoms with Crippen LogP contribution in [0.4, 0.5) is 0 Å². The molecule has 1 aliphatic carbocycles. The van der Waals surface area contributed by atoms with Gasteiger partial charge in [-0.3, -0.25) is 20.4 Å². The first-order valence-corrected chi connectivity index (χ1v) is 5.99. The molecule has 1 aliphatic rings. The summed E-state index contributed by atoms with van der Waals surface area (Å²) in [5.41, 5.74) is 7.73. The van der Waals surface area contributed by atoms with Gasteiger partial charge in [0.25, 0.3) is 0 Å². The first kappa shape index (κ1) is 12.6. The lowest BCUT2D eigenvalue weighted by Gasteiger charge is -2.28. The van der Waals surface area contributed by atoms with Gasteiger partial charge in [0.1, 0.15) is 0 Å². The monoisotopic (exact) mass is 247 g/mol. The minimum absolute atomic E-state index is 0.00556. The molecule has 2 N–H and O–H groups in total. The summed E-state index contributed by atoms with van der Waals surface area (Å²) in [5, 5.41) is 1.51. The Balaban J connectivity index is 2.21. The number of amides is 2. The van der Waals surface area contributed by atoms with Crippen LogP contribution in [-0.2, 0) is 16.0 Å². The van der Waals surface area contributed by atoms with Gasteiger partial charge in [-0.15, -0.1) is 5.12 Å². The molecule has 0 saturated carbocycles. The van der Waals surface area contributed by atoms with E-state index in [1.54, 1.807) is 0 Å². The number of aryl methyl sites for hydroxylation is 1. The van der Waals surface area contributed by atoms with Gasteiger partial charge in [-0.2, -0.15) is 0 Å². The largest absolute Gasteiger partial charge is 0.274 e. The average molecular weight is 247 g/mol. The summed E-state index contributed by atoms with van der Waals surface area (Å²) in [4.78, 5) is 22.4. The molecule has 1 aromatic rings. The molecule has 5 heteroatoms. The average Bonchev–Trinajstić information content (AvgIpc) is 2.70. The highest BCUT2D eigenvalue weighted by atomic mass is 16.2. The number of rotatable bonds is 3. The Hall–Kier alpha value is -1.88. The predicted octanol–water partition coefficient (Wildman–Crippen LogP) is 1.08. The van der Waals surface area contributed by atoms with E-state index in [4.69, 9.17) is 0 Å². The van der Waals surface area contributed by atoms with E-state index >= 15 is 0 Å². The molecule has 0 spiro atoms. The molecule has 1 aromatic carbocycles. The van der Waals surface area contributed by atoms with E-state index in [1.165, 1.54) is 24.5 Å². The summed E-state index contributed by atoms with van der Waals surface area (Å²) in [6.45, 7) is 2.85. The second kappa shape index (κ2) is 5.18. The minimum Gasteiger partial charge on any atom is -0.274 e. The van der Waals surface area contributed by atoms with Crippen molar-refractivity contribution in [2.24, 2.45) is 0 Å². The SMILES string of the molecule is CC(=O)NN(NC(C)=O)C1CCc2ccccc21. The van der Waals surface area contributed by atoms with Gasteiger partial charge in [0, 0.05) is 13.8 Å². The molecule has 0 aromatic heterocycles. The van der Waals surface area contributed by atoms with Crippen molar-refractivity contribution >= 4 is 11.8 Å². The highest BCUT2D eigenvalue weighted by Crippen LogP contribution is 2.33. The van der Waals surface area contributed by atoms with Crippen LogP contribution >= 0.6 is 0 Å². The smallest absolute Gasteiger partial charge is 0.232 e. The van der Waals surface area contributed by atoms with Crippen molar-refractivity contribution in [3.8, 4) is 0 Å². The van der Waals surface area contributed by atoms with Crippen molar-refractivity contribution in [1.82, 2.24) is 16.0 Å². The van der Waals surface area contributed by atoms with E-state index in [1.807, 2.05) is 18.2 Å². The molecule has 5 nitrogen and oxygen atoms in total. The second-order valence-electron chi connectivity index (χ2n) is 4.46. The zero-order valence-corrected chi connectivity index (χ0v) is 10.6. The Morgan fingerprint density at radius 3 is 2.39 bits per heavy atom. The summed E-state index contributed by atoms with van der Waals surface area (Å²) in [6.07, 6.45) is 1.83. The van der Waals surface area contributed by atoms with E-state index in [9.17, 15) is 9.59 Å². The number of nitrogens with zero attached hydrogens (tertiary/aromatic N) is 1. The van der Waals surface area contributed by atoms with Crippen LogP contribution in [0.25, 0.3) is 0 Å². The zero-order chi connectivity index (χ0) is 13.1. The van der Waals surface area contributed by atoms with Crippen LogP contribution in [0.3, 0.4) is 0 Å². The molecule has 2 rings (SSSR count). The highest BCUT2D eigenvalue weighted by molar-refractivity contribution is 5.74. The summed E-state index contributed by atoms with van der Waals surface area (Å²) < 4.78 is 0. The van der Waals surface area contributed by atoms with Crippen LogP contribution in [0.5, 0.6) is 0 Å². The Labute approximate surface area is 106 Å². The van der Waals surface area contributed by atoms with E-state index < -0.39 is 0 Å². The van der Waals surface area contributed by atoms with Gasteiger partial charge in [-0.05, 0) is 24.0 Å². The first-order chi connectivity index (χ1) is 8.58. The van der Waals surface area contributed by atoms with Gasteiger partial charge in [-0.1, -0.05) is 24.3 Å². The zero-order valence-electron chi connectivity index (χ0n) is 10.6. The molecule has 1 atom stereocenters. The lowest BCUT2D eigenvalue weighted by atomic mass is 10.1. The topological polar surface area (TPSA) is 61.4 Å². The lowest BCUT2D eigenvalue weighted by molar-refractivity contribution is -0.134. The van der Waals surface area contributed by atoms with E-state index in [0.717, 1.165) is 18.4 Å². The molecule has 0 fully saturated rings. The van der Waals surface area contributed by atoms with Crippen LogP contribution < -0.4 is 10.9 Å². The number of hydrogen-bond acceptors (Lipinski definition) is 3. The Kier molecular flexibility index (Phi) is 3.62. The third-order valence-electron chi connectivity index (χ3n) is 2.97. The molecule has 1 unspecified atom stereocenters. The van der Waals surface area contributed by atoms with Gasteiger partial charge in [0.2, 0.25) is 11.8 Å². The van der Waals surface area contributed by atoms with Crippen molar-refractivity contribution in [2.45, 2.75) is 32.7 Å². The number of nitrogens with one attached hydrogen (secondary N) is 2. The molecule has 18 heavy (non-hydrogen) atoms. The van der Waals surface area contributed by atoms with Gasteiger partial charge in [0.15, 0.2) is 0 Å². The van der Waals surface area contributed by atoms with Crippen molar-refractivity contribution in [1.29, 1.82) is 0 Å². The van der Waals surface area contributed by atoms with E-state index in [-0.39, 0.29) is 17.9 Å². The van der Waals surface area contributed by atoms with Crippen molar-refractivity contribution < 1.29 is 9.59 Å². The second-order valence-corrected chi connectivity index (χ2v) is 4.46. The van der Waals surface area contributed by atoms with Crippen LogP contribution in [0.1, 0.15) is 37.4 Å². The molecule has 0 heterocycles. The molecular formula is C13H17N3O2. The fraction of sp³-hybridized carbons (Fsp3) is 0.385. The normalized spacial score (nSPS) is 17.4. The van der Waals surface area contributed by atoms with Gasteiger partial charge >= 0.3 is 0 Å². The molecule has 0 bridgehead atoms. The van der Waals surface area contributed by atoms with Crippen LogP contribution in [0, 0.1) is 0 Å². The number of hydrazine groups is 2. The van der Waals surface area contributed by atoms with Crippen molar-refractivity contribution in [3.05, 3.63) is 35.4 Å². The Bertz CT molecular complexity index is 457. The number of carbonyl (C=O) groups is 2. The van der Waals surface area contributed by atoms with Crippen molar-refractivity contribution in [2.75, 3.05) is 0 Å². The summed E-state index contributed by atoms with van der Waals surface area (Å²) >= 11 is 0. The van der Waals surface area contributed by atoms with E-state index in [0.29, 0.717) is 0 Å². The molecular weight excluding hydrogens is 230 g/mol. The van der Waals surface area contributed by atoms with Gasteiger partial charge < -0.3 is 0 Å². The Morgan fingerprint density at radius 2 is 1.78 bits per heavy atom. The third-order valence-corrected chi connectivity index (χ3v) is 2.97. The quantitative estimate of drug-likeness (QED) is 0.786. The standard InChI is InChI=1S/C13H17N3O2/c1-9(17)14-16(15-10(2)18)13-8-7-11-5-3-4-6-12(11)13/h3-6,13H,7-8H2,1-2H3,(H,14,17)(H,15,18). The number of hydrogen-bond donors (Lipinski definition) is 2. The molecule has 0 aliphatic heterocycles. The Morgan fingerprint density at radius 1 is 1.17 bits per heavy atom. The summed E-state index contributed by atoms with van der Waals surface area (Å²) in [6, 6.07) is 8.08. The molecule has 96 valence electrons. The van der Waals surface area contributed by atoms with Crippen LogP contribution in [-0.4, -0.2) is 16.9 Å². The maximum atomic E-state index is 11.2. The van der Waals surface area contributed by atoms with Gasteiger partial charge in [-0.25, -0.2) is 0 Å². The predicted molar refractivity (Wildman–Crippen MR) is 67.0 cm³/mol. The van der Waals surface area contributed by atoms with Crippen LogP contribution in [0.15, 0.2) is 24.3 Å². The molecule has 2 amide bonds. The minimum atomic E-state index is -0.201. The number of benzene rings is 1. The summed E-state index contributed by atoms with van der Waals surface area (Å²) in [5.74, 6) is -0.402. The summed E-state index contributed by atoms with van der Waals surface area (Å²) in [7, 11) is 0.